The van der Waals surface area contributed by atoms with E-state index in [1.54, 1.807) is 11.8 Å². The van der Waals surface area contributed by atoms with Gasteiger partial charge in [0.05, 0.1) is 24.3 Å². The monoisotopic (exact) mass is 366 g/mol. The third kappa shape index (κ3) is 3.75. The maximum atomic E-state index is 12.7. The largest absolute Gasteiger partial charge is 0.337 e. The van der Waals surface area contributed by atoms with E-state index in [0.29, 0.717) is 48.6 Å². The molecule has 4 rings (SSSR count). The highest BCUT2D eigenvalue weighted by Gasteiger charge is 2.30. The number of urea groups is 1. The van der Waals surface area contributed by atoms with Gasteiger partial charge < -0.3 is 15.2 Å². The van der Waals surface area contributed by atoms with E-state index < -0.39 is 0 Å². The zero-order valence-electron chi connectivity index (χ0n) is 15.7. The van der Waals surface area contributed by atoms with Crippen molar-refractivity contribution in [3.05, 3.63) is 63.3 Å². The van der Waals surface area contributed by atoms with Crippen LogP contribution in [0, 0.1) is 12.8 Å². The van der Waals surface area contributed by atoms with E-state index in [0.717, 1.165) is 0 Å². The van der Waals surface area contributed by atoms with E-state index in [-0.39, 0.29) is 11.6 Å². The Kier molecular flexibility index (Phi) is 4.97. The Morgan fingerprint density at radius 1 is 1.26 bits per heavy atom. The lowest BCUT2D eigenvalue weighted by molar-refractivity contribution is 0.196. The third-order valence-electron chi connectivity index (χ3n) is 5.87. The van der Waals surface area contributed by atoms with Gasteiger partial charge in [0.15, 0.2) is 0 Å². The predicted molar refractivity (Wildman–Crippen MR) is 103 cm³/mol. The fraction of sp³-hybridized carbons (Fsp3) is 0.476. The number of carbonyl (C=O) groups is 1. The summed E-state index contributed by atoms with van der Waals surface area (Å²) in [5, 5.41) is 3.12. The third-order valence-corrected chi connectivity index (χ3v) is 5.87. The number of aromatic nitrogens is 2. The number of aromatic amines is 1. The van der Waals surface area contributed by atoms with Crippen LogP contribution in [-0.4, -0.2) is 27.4 Å². The van der Waals surface area contributed by atoms with Crippen LogP contribution in [-0.2, 0) is 13.1 Å². The van der Waals surface area contributed by atoms with Gasteiger partial charge in [0.1, 0.15) is 5.82 Å². The number of benzene rings is 1. The predicted octanol–water partition coefficient (Wildman–Crippen LogP) is 3.08. The van der Waals surface area contributed by atoms with Crippen molar-refractivity contribution < 1.29 is 4.79 Å². The van der Waals surface area contributed by atoms with E-state index in [1.165, 1.54) is 31.2 Å². The van der Waals surface area contributed by atoms with Gasteiger partial charge in [0, 0.05) is 12.5 Å². The normalized spacial score (nSPS) is 17.7. The molecule has 6 nitrogen and oxygen atoms in total. The first-order valence-corrected chi connectivity index (χ1v) is 9.78. The molecule has 6 heteroatoms. The summed E-state index contributed by atoms with van der Waals surface area (Å²) < 4.78 is 0. The van der Waals surface area contributed by atoms with Crippen LogP contribution in [0.25, 0.3) is 0 Å². The quantitative estimate of drug-likeness (QED) is 0.873. The summed E-state index contributed by atoms with van der Waals surface area (Å²) in [7, 11) is 0. The highest BCUT2D eigenvalue weighted by atomic mass is 16.2. The van der Waals surface area contributed by atoms with E-state index >= 15 is 0 Å². The van der Waals surface area contributed by atoms with Crippen molar-refractivity contribution in [1.29, 1.82) is 0 Å². The second-order valence-corrected chi connectivity index (χ2v) is 7.68. The SMILES string of the molecule is Cc1nc2c(c(=O)[nH]1)CN(C(=O)NCC(c1ccccc1)C1CCCC1)C2. The Morgan fingerprint density at radius 2 is 2.00 bits per heavy atom. The number of H-pyrrole nitrogens is 1. The first kappa shape index (κ1) is 17.8. The first-order chi connectivity index (χ1) is 13.1. The van der Waals surface area contributed by atoms with Gasteiger partial charge in [-0.3, -0.25) is 4.79 Å². The van der Waals surface area contributed by atoms with Crippen LogP contribution in [0.2, 0.25) is 0 Å². The molecule has 1 aromatic carbocycles. The van der Waals surface area contributed by atoms with Crippen molar-refractivity contribution in [2.45, 2.75) is 51.6 Å². The minimum atomic E-state index is -0.138. The fourth-order valence-electron chi connectivity index (χ4n) is 4.46. The van der Waals surface area contributed by atoms with Crippen molar-refractivity contribution in [1.82, 2.24) is 20.2 Å². The van der Waals surface area contributed by atoms with Crippen molar-refractivity contribution >= 4 is 6.03 Å². The molecule has 2 heterocycles. The van der Waals surface area contributed by atoms with E-state index in [9.17, 15) is 9.59 Å². The minimum Gasteiger partial charge on any atom is -0.337 e. The highest BCUT2D eigenvalue weighted by Crippen LogP contribution is 2.37. The molecule has 0 bridgehead atoms. The average molecular weight is 366 g/mol. The average Bonchev–Trinajstić information content (AvgIpc) is 3.32. The van der Waals surface area contributed by atoms with Gasteiger partial charge in [-0.25, -0.2) is 9.78 Å². The van der Waals surface area contributed by atoms with E-state index in [1.807, 2.05) is 6.07 Å². The van der Waals surface area contributed by atoms with Gasteiger partial charge >= 0.3 is 6.03 Å². The summed E-state index contributed by atoms with van der Waals surface area (Å²) in [4.78, 5) is 33.6. The molecule has 1 aliphatic carbocycles. The summed E-state index contributed by atoms with van der Waals surface area (Å²) in [6.07, 6.45) is 5.00. The van der Waals surface area contributed by atoms with Gasteiger partial charge in [-0.05, 0) is 31.2 Å². The van der Waals surface area contributed by atoms with Gasteiger partial charge in [0.25, 0.3) is 5.56 Å². The molecule has 2 amide bonds. The number of amides is 2. The number of nitrogens with zero attached hydrogens (tertiary/aromatic N) is 2. The zero-order valence-corrected chi connectivity index (χ0v) is 15.7. The molecule has 1 atom stereocenters. The lowest BCUT2D eigenvalue weighted by Crippen LogP contribution is -2.39. The number of nitrogens with one attached hydrogen (secondary N) is 2. The van der Waals surface area contributed by atoms with Crippen LogP contribution in [0.3, 0.4) is 0 Å². The molecule has 1 fully saturated rings. The topological polar surface area (TPSA) is 78.1 Å². The molecule has 1 aromatic heterocycles. The Bertz CT molecular complexity index is 871. The maximum absolute atomic E-state index is 12.7. The Labute approximate surface area is 159 Å². The number of hydrogen-bond donors (Lipinski definition) is 2. The standard InChI is InChI=1S/C21H26N4O2/c1-14-23-19-13-25(12-18(19)20(26)24-14)21(27)22-11-17(16-9-5-6-10-16)15-7-3-2-4-8-15/h2-4,7-8,16-17H,5-6,9-13H2,1H3,(H,22,27)(H,23,24,26). The van der Waals surface area contributed by atoms with Crippen LogP contribution >= 0.6 is 0 Å². The maximum Gasteiger partial charge on any atom is 0.318 e. The van der Waals surface area contributed by atoms with Crippen molar-refractivity contribution in [2.24, 2.45) is 5.92 Å². The van der Waals surface area contributed by atoms with Crippen LogP contribution in [0.15, 0.2) is 35.1 Å². The molecular weight excluding hydrogens is 340 g/mol. The molecule has 2 aliphatic rings. The Hall–Kier alpha value is -2.63. The zero-order chi connectivity index (χ0) is 18.8. The van der Waals surface area contributed by atoms with Crippen LogP contribution in [0.5, 0.6) is 0 Å². The number of carbonyl (C=O) groups excluding carboxylic acids is 1. The molecule has 0 radical (unpaired) electrons. The molecular formula is C21H26N4O2. The number of fused-ring (bicyclic) bond motifs is 1. The first-order valence-electron chi connectivity index (χ1n) is 9.78. The summed E-state index contributed by atoms with van der Waals surface area (Å²) in [5.41, 5.74) is 2.47. The highest BCUT2D eigenvalue weighted by molar-refractivity contribution is 5.75. The van der Waals surface area contributed by atoms with Crippen molar-refractivity contribution in [3.8, 4) is 0 Å². The van der Waals surface area contributed by atoms with Crippen molar-refractivity contribution in [3.63, 3.8) is 0 Å². The molecule has 2 aromatic rings. The second kappa shape index (κ2) is 7.55. The molecule has 0 spiro atoms. The summed E-state index contributed by atoms with van der Waals surface area (Å²) in [6.45, 7) is 3.11. The lowest BCUT2D eigenvalue weighted by Gasteiger charge is -2.26. The molecule has 1 aliphatic heterocycles. The smallest absolute Gasteiger partial charge is 0.318 e. The van der Waals surface area contributed by atoms with E-state index in [4.69, 9.17) is 0 Å². The van der Waals surface area contributed by atoms with Gasteiger partial charge in [-0.2, -0.15) is 0 Å². The molecule has 142 valence electrons. The number of rotatable bonds is 4. The van der Waals surface area contributed by atoms with Crippen molar-refractivity contribution in [2.75, 3.05) is 6.54 Å². The van der Waals surface area contributed by atoms with Crippen LogP contribution in [0.1, 0.15) is 54.2 Å². The fourth-order valence-corrected chi connectivity index (χ4v) is 4.46. The Morgan fingerprint density at radius 3 is 2.74 bits per heavy atom. The summed E-state index contributed by atoms with van der Waals surface area (Å²) in [5.74, 6) is 1.55. The molecule has 0 saturated heterocycles. The van der Waals surface area contributed by atoms with Crippen LogP contribution < -0.4 is 10.9 Å². The van der Waals surface area contributed by atoms with E-state index in [2.05, 4.69) is 39.6 Å². The summed E-state index contributed by atoms with van der Waals surface area (Å²) in [6, 6.07) is 10.4. The number of aryl methyl sites for hydroxylation is 1. The molecule has 1 saturated carbocycles. The Balaban J connectivity index is 1.43. The van der Waals surface area contributed by atoms with Gasteiger partial charge in [0.2, 0.25) is 0 Å². The molecule has 1 unspecified atom stereocenters. The van der Waals surface area contributed by atoms with Crippen LogP contribution in [0.4, 0.5) is 4.79 Å². The lowest BCUT2D eigenvalue weighted by atomic mass is 9.85. The van der Waals surface area contributed by atoms with Gasteiger partial charge in [-0.1, -0.05) is 43.2 Å². The number of hydrogen-bond acceptors (Lipinski definition) is 3. The molecule has 27 heavy (non-hydrogen) atoms. The van der Waals surface area contributed by atoms with Gasteiger partial charge in [-0.15, -0.1) is 0 Å². The minimum absolute atomic E-state index is 0.121. The second-order valence-electron chi connectivity index (χ2n) is 7.68. The molecule has 2 N–H and O–H groups in total. The summed E-state index contributed by atoms with van der Waals surface area (Å²) >= 11 is 0.